The molecule has 2 N–H and O–H groups in total. The van der Waals surface area contributed by atoms with Crippen LogP contribution in [0.25, 0.3) is 11.3 Å². The predicted octanol–water partition coefficient (Wildman–Crippen LogP) is 1.07. The van der Waals surface area contributed by atoms with Crippen LogP contribution in [0.1, 0.15) is 0 Å². The van der Waals surface area contributed by atoms with Crippen LogP contribution >= 0.6 is 0 Å². The van der Waals surface area contributed by atoms with E-state index in [0.29, 0.717) is 17.2 Å². The van der Waals surface area contributed by atoms with Gasteiger partial charge in [0.1, 0.15) is 5.82 Å². The van der Waals surface area contributed by atoms with Gasteiger partial charge in [-0.25, -0.2) is 8.42 Å². The molecule has 0 saturated carbocycles. The lowest BCUT2D eigenvalue weighted by molar-refractivity contribution is 0.600. The van der Waals surface area contributed by atoms with Gasteiger partial charge in [0.05, 0.1) is 17.6 Å². The number of nitrogens with zero attached hydrogens (tertiary/aromatic N) is 3. The van der Waals surface area contributed by atoms with Crippen LogP contribution in [-0.4, -0.2) is 31.5 Å². The summed E-state index contributed by atoms with van der Waals surface area (Å²) in [7, 11) is -0.00438. The monoisotopic (exact) mass is 280 g/mol. The van der Waals surface area contributed by atoms with Crippen molar-refractivity contribution in [2.24, 2.45) is 7.05 Å². The first-order valence-corrected chi connectivity index (χ1v) is 7.48. The first-order valence-electron chi connectivity index (χ1n) is 5.63. The molecule has 0 atom stereocenters. The number of aryl methyl sites for hydroxylation is 1. The number of aromatic nitrogens is 2. The van der Waals surface area contributed by atoms with Gasteiger partial charge in [-0.1, -0.05) is 12.1 Å². The van der Waals surface area contributed by atoms with Crippen LogP contribution in [0, 0.1) is 0 Å². The second-order valence-corrected chi connectivity index (χ2v) is 6.37. The van der Waals surface area contributed by atoms with Gasteiger partial charge in [-0.3, -0.25) is 8.99 Å². The van der Waals surface area contributed by atoms with Crippen LogP contribution in [0.2, 0.25) is 0 Å². The van der Waals surface area contributed by atoms with Crippen molar-refractivity contribution in [1.82, 2.24) is 9.78 Å². The number of rotatable bonds is 3. The van der Waals surface area contributed by atoms with Crippen LogP contribution in [-0.2, 0) is 17.1 Å². The molecule has 1 aromatic heterocycles. The van der Waals surface area contributed by atoms with Gasteiger partial charge in [-0.05, 0) is 12.1 Å². The third kappa shape index (κ3) is 2.70. The molecule has 7 heteroatoms. The number of hydrogen-bond acceptors (Lipinski definition) is 4. The summed E-state index contributed by atoms with van der Waals surface area (Å²) >= 11 is 0. The van der Waals surface area contributed by atoms with E-state index in [4.69, 9.17) is 5.73 Å². The van der Waals surface area contributed by atoms with Crippen LogP contribution in [0.3, 0.4) is 0 Å². The highest BCUT2D eigenvalue weighted by Gasteiger charge is 2.13. The van der Waals surface area contributed by atoms with Crippen LogP contribution in [0.15, 0.2) is 30.3 Å². The van der Waals surface area contributed by atoms with E-state index in [2.05, 4.69) is 5.10 Å². The first-order chi connectivity index (χ1) is 8.79. The molecule has 0 aliphatic carbocycles. The number of nitrogens with two attached hydrogens (primary N) is 1. The molecule has 0 bridgehead atoms. The average Bonchev–Trinajstić information content (AvgIpc) is 2.68. The number of hydrogen-bond donors (Lipinski definition) is 1. The summed E-state index contributed by atoms with van der Waals surface area (Å²) in [5.41, 5.74) is 7.86. The smallest absolute Gasteiger partial charge is 0.231 e. The molecule has 2 rings (SSSR count). The van der Waals surface area contributed by atoms with Crippen molar-refractivity contribution < 1.29 is 8.42 Å². The third-order valence-corrected chi connectivity index (χ3v) is 4.12. The Morgan fingerprint density at radius 3 is 2.53 bits per heavy atom. The van der Waals surface area contributed by atoms with E-state index in [-0.39, 0.29) is 0 Å². The SMILES string of the molecule is CN(c1cccc(-c2cc(N)n(C)n2)c1)S(C)(=O)=O. The molecule has 0 fully saturated rings. The zero-order valence-electron chi connectivity index (χ0n) is 11.0. The lowest BCUT2D eigenvalue weighted by atomic mass is 10.1. The maximum atomic E-state index is 11.5. The maximum absolute atomic E-state index is 11.5. The van der Waals surface area contributed by atoms with Crippen molar-refractivity contribution >= 4 is 21.5 Å². The van der Waals surface area contributed by atoms with Crippen LogP contribution in [0.5, 0.6) is 0 Å². The summed E-state index contributed by atoms with van der Waals surface area (Å²) < 4.78 is 25.8. The highest BCUT2D eigenvalue weighted by Crippen LogP contribution is 2.25. The highest BCUT2D eigenvalue weighted by atomic mass is 32.2. The molecule has 0 radical (unpaired) electrons. The maximum Gasteiger partial charge on any atom is 0.231 e. The number of anilines is 2. The lowest BCUT2D eigenvalue weighted by Crippen LogP contribution is -2.24. The highest BCUT2D eigenvalue weighted by molar-refractivity contribution is 7.92. The van der Waals surface area contributed by atoms with Crippen LogP contribution in [0.4, 0.5) is 11.5 Å². The minimum absolute atomic E-state index is 0.553. The van der Waals surface area contributed by atoms with E-state index in [1.165, 1.54) is 17.6 Å². The second-order valence-electron chi connectivity index (χ2n) is 4.36. The number of nitrogen functional groups attached to an aromatic ring is 1. The fraction of sp³-hybridized carbons (Fsp3) is 0.250. The van der Waals surface area contributed by atoms with Crippen molar-refractivity contribution in [1.29, 1.82) is 0 Å². The predicted molar refractivity (Wildman–Crippen MR) is 76.3 cm³/mol. The molecule has 2 aromatic rings. The largest absolute Gasteiger partial charge is 0.384 e. The van der Waals surface area contributed by atoms with Gasteiger partial charge in [0.15, 0.2) is 0 Å². The molecular weight excluding hydrogens is 264 g/mol. The molecule has 0 spiro atoms. The normalized spacial score (nSPS) is 11.5. The average molecular weight is 280 g/mol. The van der Waals surface area contributed by atoms with E-state index in [1.54, 1.807) is 36.0 Å². The molecule has 0 amide bonds. The Labute approximate surface area is 112 Å². The van der Waals surface area contributed by atoms with Crippen molar-refractivity contribution in [3.05, 3.63) is 30.3 Å². The van der Waals surface area contributed by atoms with Gasteiger partial charge < -0.3 is 5.73 Å². The fourth-order valence-corrected chi connectivity index (χ4v) is 2.17. The van der Waals surface area contributed by atoms with Crippen molar-refractivity contribution in [2.75, 3.05) is 23.3 Å². The Kier molecular flexibility index (Phi) is 3.23. The summed E-state index contributed by atoms with van der Waals surface area (Å²) in [6.45, 7) is 0. The Balaban J connectivity index is 2.45. The zero-order chi connectivity index (χ0) is 14.2. The molecule has 6 nitrogen and oxygen atoms in total. The molecule has 0 aliphatic heterocycles. The first kappa shape index (κ1) is 13.4. The Morgan fingerprint density at radius 2 is 2.00 bits per heavy atom. The molecular formula is C12H16N4O2S. The number of benzene rings is 1. The van der Waals surface area contributed by atoms with Gasteiger partial charge in [0.25, 0.3) is 0 Å². The fourth-order valence-electron chi connectivity index (χ4n) is 1.68. The minimum Gasteiger partial charge on any atom is -0.384 e. The lowest BCUT2D eigenvalue weighted by Gasteiger charge is -2.16. The van der Waals surface area contributed by atoms with Gasteiger partial charge in [0, 0.05) is 25.7 Å². The molecule has 0 aliphatic rings. The van der Waals surface area contributed by atoms with E-state index in [0.717, 1.165) is 5.56 Å². The molecule has 19 heavy (non-hydrogen) atoms. The van der Waals surface area contributed by atoms with E-state index in [1.807, 2.05) is 6.07 Å². The molecule has 1 heterocycles. The molecule has 0 saturated heterocycles. The van der Waals surface area contributed by atoms with E-state index >= 15 is 0 Å². The Hall–Kier alpha value is -2.02. The topological polar surface area (TPSA) is 81.2 Å². The van der Waals surface area contributed by atoms with Gasteiger partial charge in [-0.2, -0.15) is 5.10 Å². The summed E-state index contributed by atoms with van der Waals surface area (Å²) in [6, 6.07) is 8.90. The Morgan fingerprint density at radius 1 is 1.32 bits per heavy atom. The van der Waals surface area contributed by atoms with Crippen molar-refractivity contribution in [3.63, 3.8) is 0 Å². The molecule has 0 unspecified atom stereocenters. The minimum atomic E-state index is -3.27. The van der Waals surface area contributed by atoms with Crippen molar-refractivity contribution in [2.45, 2.75) is 0 Å². The Bertz CT molecular complexity index is 687. The van der Waals surface area contributed by atoms with Crippen LogP contribution < -0.4 is 10.0 Å². The molecule has 1 aromatic carbocycles. The van der Waals surface area contributed by atoms with Gasteiger partial charge in [-0.15, -0.1) is 0 Å². The van der Waals surface area contributed by atoms with E-state index in [9.17, 15) is 8.42 Å². The van der Waals surface area contributed by atoms with Gasteiger partial charge in [0.2, 0.25) is 10.0 Å². The number of sulfonamides is 1. The third-order valence-electron chi connectivity index (χ3n) is 2.92. The summed E-state index contributed by atoms with van der Waals surface area (Å²) in [6.07, 6.45) is 1.17. The van der Waals surface area contributed by atoms with Gasteiger partial charge >= 0.3 is 0 Å². The van der Waals surface area contributed by atoms with E-state index < -0.39 is 10.0 Å². The van der Waals surface area contributed by atoms with Crippen molar-refractivity contribution in [3.8, 4) is 11.3 Å². The summed E-state index contributed by atoms with van der Waals surface area (Å²) in [4.78, 5) is 0. The summed E-state index contributed by atoms with van der Waals surface area (Å²) in [5, 5.41) is 4.27. The standard InChI is InChI=1S/C12H16N4O2S/c1-15-12(13)8-11(14-15)9-5-4-6-10(7-9)16(2)19(3,17)18/h4-8H,13H2,1-3H3. The summed E-state index contributed by atoms with van der Waals surface area (Å²) in [5.74, 6) is 0.553. The second kappa shape index (κ2) is 4.58. The zero-order valence-corrected chi connectivity index (χ0v) is 11.8. The molecule has 102 valence electrons. The quantitative estimate of drug-likeness (QED) is 0.911.